The zero-order valence-electron chi connectivity index (χ0n) is 18.8. The number of carbonyl (C=O) groups excluding carboxylic acids is 2. The van der Waals surface area contributed by atoms with E-state index < -0.39 is 5.54 Å². The molecule has 1 aliphatic carbocycles. The van der Waals surface area contributed by atoms with E-state index in [1.807, 2.05) is 18.2 Å². The summed E-state index contributed by atoms with van der Waals surface area (Å²) in [5, 5.41) is 9.42. The molecule has 3 aromatic rings. The number of carbonyl (C=O) groups is 2. The van der Waals surface area contributed by atoms with Gasteiger partial charge in [-0.25, -0.2) is 4.79 Å². The molecule has 4 rings (SSSR count). The minimum Gasteiger partial charge on any atom is -0.466 e. The number of urea groups is 1. The molecule has 6 nitrogen and oxygen atoms in total. The van der Waals surface area contributed by atoms with Gasteiger partial charge in [-0.1, -0.05) is 43.5 Å². The summed E-state index contributed by atoms with van der Waals surface area (Å²) in [6.45, 7) is 2.57. The van der Waals surface area contributed by atoms with Gasteiger partial charge in [-0.3, -0.25) is 4.79 Å². The summed E-state index contributed by atoms with van der Waals surface area (Å²) in [6.07, 6.45) is 4.97. The molecule has 7 heteroatoms. The number of esters is 1. The fourth-order valence-corrected chi connectivity index (χ4v) is 5.73. The first kappa shape index (κ1) is 22.4. The van der Waals surface area contributed by atoms with Gasteiger partial charge in [0.25, 0.3) is 0 Å². The third-order valence-electron chi connectivity index (χ3n) is 6.37. The van der Waals surface area contributed by atoms with Crippen molar-refractivity contribution in [1.29, 1.82) is 0 Å². The number of fused-ring (bicyclic) bond motifs is 1. The smallest absolute Gasteiger partial charge is 0.315 e. The highest BCUT2D eigenvalue weighted by Gasteiger charge is 2.36. The van der Waals surface area contributed by atoms with Crippen LogP contribution < -0.4 is 10.6 Å². The molecule has 170 valence electrons. The predicted octanol–water partition coefficient (Wildman–Crippen LogP) is 5.36. The molecular weight excluding hydrogens is 422 g/mol. The summed E-state index contributed by atoms with van der Waals surface area (Å²) < 4.78 is 7.37. The SMILES string of the molecule is CCOC(=O)CC1(NC(=O)NCc2c(-c3cccs3)n(C)c3ccccc23)CCCCC1. The van der Waals surface area contributed by atoms with Crippen molar-refractivity contribution in [2.75, 3.05) is 6.61 Å². The first-order valence-corrected chi connectivity index (χ1v) is 12.2. The number of ether oxygens (including phenoxy) is 1. The third kappa shape index (κ3) is 4.67. The lowest BCUT2D eigenvalue weighted by Crippen LogP contribution is -2.54. The average molecular weight is 454 g/mol. The van der Waals surface area contributed by atoms with E-state index in [9.17, 15) is 9.59 Å². The number of hydrogen-bond acceptors (Lipinski definition) is 4. The molecule has 1 fully saturated rings. The van der Waals surface area contributed by atoms with Crippen LogP contribution in [-0.4, -0.2) is 28.7 Å². The highest BCUT2D eigenvalue weighted by Crippen LogP contribution is 2.35. The van der Waals surface area contributed by atoms with Crippen molar-refractivity contribution >= 4 is 34.2 Å². The second-order valence-electron chi connectivity index (χ2n) is 8.51. The van der Waals surface area contributed by atoms with Gasteiger partial charge in [0.15, 0.2) is 0 Å². The minimum absolute atomic E-state index is 0.225. The molecule has 0 saturated heterocycles. The molecular formula is C25H31N3O3S. The highest BCUT2D eigenvalue weighted by atomic mass is 32.1. The number of thiophene rings is 1. The van der Waals surface area contributed by atoms with E-state index >= 15 is 0 Å². The lowest BCUT2D eigenvalue weighted by molar-refractivity contribution is -0.145. The Bertz CT molecular complexity index is 1080. The number of benzene rings is 1. The average Bonchev–Trinajstić information content (AvgIpc) is 3.39. The van der Waals surface area contributed by atoms with Crippen molar-refractivity contribution in [1.82, 2.24) is 15.2 Å². The number of nitrogens with zero attached hydrogens (tertiary/aromatic N) is 1. The lowest BCUT2D eigenvalue weighted by Gasteiger charge is -2.37. The van der Waals surface area contributed by atoms with Crippen molar-refractivity contribution in [3.05, 3.63) is 47.3 Å². The van der Waals surface area contributed by atoms with Crippen LogP contribution in [-0.2, 0) is 23.1 Å². The molecule has 0 radical (unpaired) electrons. The van der Waals surface area contributed by atoms with Gasteiger partial charge in [0.05, 0.1) is 29.1 Å². The summed E-state index contributed by atoms with van der Waals surface area (Å²) in [4.78, 5) is 26.4. The molecule has 2 amide bonds. The first-order valence-electron chi connectivity index (χ1n) is 11.3. The maximum atomic E-state index is 13.0. The summed E-state index contributed by atoms with van der Waals surface area (Å²) in [7, 11) is 2.07. The van der Waals surface area contributed by atoms with Crippen molar-refractivity contribution in [2.24, 2.45) is 7.05 Å². The zero-order chi connectivity index (χ0) is 22.6. The molecule has 1 aliphatic rings. The maximum absolute atomic E-state index is 13.0. The van der Waals surface area contributed by atoms with Crippen LogP contribution in [0.1, 0.15) is 51.0 Å². The summed E-state index contributed by atoms with van der Waals surface area (Å²) in [5.41, 5.74) is 2.84. The number of aromatic nitrogens is 1. The van der Waals surface area contributed by atoms with Gasteiger partial charge in [-0.2, -0.15) is 0 Å². The van der Waals surface area contributed by atoms with Crippen LogP contribution in [0.4, 0.5) is 4.79 Å². The van der Waals surface area contributed by atoms with Gasteiger partial charge < -0.3 is 19.9 Å². The van der Waals surface area contributed by atoms with Crippen molar-refractivity contribution in [2.45, 2.75) is 57.5 Å². The number of aryl methyl sites for hydroxylation is 1. The van der Waals surface area contributed by atoms with E-state index in [1.54, 1.807) is 18.3 Å². The topological polar surface area (TPSA) is 72.4 Å². The number of hydrogen-bond donors (Lipinski definition) is 2. The summed E-state index contributed by atoms with van der Waals surface area (Å²) in [6, 6.07) is 12.2. The Hall–Kier alpha value is -2.80. The van der Waals surface area contributed by atoms with E-state index in [0.717, 1.165) is 54.3 Å². The molecule has 0 aliphatic heterocycles. The van der Waals surface area contributed by atoms with E-state index in [-0.39, 0.29) is 18.4 Å². The van der Waals surface area contributed by atoms with Crippen molar-refractivity contribution in [3.63, 3.8) is 0 Å². The summed E-state index contributed by atoms with van der Waals surface area (Å²) in [5.74, 6) is -0.247. The van der Waals surface area contributed by atoms with E-state index in [1.165, 1.54) is 4.88 Å². The monoisotopic (exact) mass is 453 g/mol. The highest BCUT2D eigenvalue weighted by molar-refractivity contribution is 7.13. The zero-order valence-corrected chi connectivity index (χ0v) is 19.6. The number of nitrogens with one attached hydrogen (secondary N) is 2. The molecule has 0 unspecified atom stereocenters. The van der Waals surface area contributed by atoms with Gasteiger partial charge in [-0.15, -0.1) is 11.3 Å². The van der Waals surface area contributed by atoms with Crippen LogP contribution >= 0.6 is 11.3 Å². The molecule has 1 saturated carbocycles. The Morgan fingerprint density at radius 3 is 2.62 bits per heavy atom. The van der Waals surface area contributed by atoms with Crippen molar-refractivity contribution < 1.29 is 14.3 Å². The number of amides is 2. The second kappa shape index (κ2) is 9.77. The molecule has 1 aromatic carbocycles. The van der Waals surface area contributed by atoms with Crippen LogP contribution in [0.25, 0.3) is 21.5 Å². The maximum Gasteiger partial charge on any atom is 0.315 e. The minimum atomic E-state index is -0.524. The molecule has 2 heterocycles. The molecule has 0 spiro atoms. The Labute approximate surface area is 193 Å². The second-order valence-corrected chi connectivity index (χ2v) is 9.46. The first-order chi connectivity index (χ1) is 15.5. The Morgan fingerprint density at radius 1 is 1.12 bits per heavy atom. The number of para-hydroxylation sites is 1. The molecule has 2 N–H and O–H groups in total. The molecule has 32 heavy (non-hydrogen) atoms. The van der Waals surface area contributed by atoms with Gasteiger partial charge in [-0.05, 0) is 37.3 Å². The normalized spacial score (nSPS) is 15.4. The van der Waals surface area contributed by atoms with Crippen LogP contribution in [0.2, 0.25) is 0 Å². The van der Waals surface area contributed by atoms with E-state index in [4.69, 9.17) is 4.74 Å². The fraction of sp³-hybridized carbons (Fsp3) is 0.440. The predicted molar refractivity (Wildman–Crippen MR) is 129 cm³/mol. The Balaban J connectivity index is 1.54. The molecule has 0 bridgehead atoms. The standard InChI is InChI=1S/C25H31N3O3S/c1-3-31-22(29)16-25(13-7-4-8-14-25)27-24(30)26-17-19-18-10-5-6-11-20(18)28(2)23(19)21-12-9-15-32-21/h5-6,9-12,15H,3-4,7-8,13-14,16-17H2,1-2H3,(H2,26,27,30). The van der Waals surface area contributed by atoms with Gasteiger partial charge in [0.1, 0.15) is 0 Å². The van der Waals surface area contributed by atoms with Gasteiger partial charge in [0, 0.05) is 30.1 Å². The van der Waals surface area contributed by atoms with E-state index in [0.29, 0.717) is 13.2 Å². The fourth-order valence-electron chi connectivity index (χ4n) is 4.89. The molecule has 2 aromatic heterocycles. The van der Waals surface area contributed by atoms with E-state index in [2.05, 4.69) is 45.8 Å². The lowest BCUT2D eigenvalue weighted by atomic mass is 9.79. The van der Waals surface area contributed by atoms with Crippen LogP contribution in [0.15, 0.2) is 41.8 Å². The Morgan fingerprint density at radius 2 is 1.91 bits per heavy atom. The van der Waals surface area contributed by atoms with Gasteiger partial charge in [0.2, 0.25) is 0 Å². The summed E-state index contributed by atoms with van der Waals surface area (Å²) >= 11 is 1.69. The number of rotatable bonds is 7. The quantitative estimate of drug-likeness (QED) is 0.473. The third-order valence-corrected chi connectivity index (χ3v) is 7.25. The van der Waals surface area contributed by atoms with Crippen molar-refractivity contribution in [3.8, 4) is 10.6 Å². The molecule has 0 atom stereocenters. The van der Waals surface area contributed by atoms with Crippen LogP contribution in [0.3, 0.4) is 0 Å². The van der Waals surface area contributed by atoms with Crippen LogP contribution in [0, 0.1) is 0 Å². The van der Waals surface area contributed by atoms with Gasteiger partial charge >= 0.3 is 12.0 Å². The largest absolute Gasteiger partial charge is 0.466 e. The Kier molecular flexibility index (Phi) is 6.84. The van der Waals surface area contributed by atoms with Crippen LogP contribution in [0.5, 0.6) is 0 Å².